The molecule has 0 fully saturated rings. The third-order valence-electron chi connectivity index (χ3n) is 6.33. The molecule has 3 unspecified atom stereocenters. The number of nitrogens with one attached hydrogen (secondary N) is 2. The molecular formula is C26H25F7N4O3. The lowest BCUT2D eigenvalue weighted by molar-refractivity contribution is -0.152. The van der Waals surface area contributed by atoms with Crippen LogP contribution in [0.15, 0.2) is 47.5 Å². The molecular weight excluding hydrogens is 549 g/mol. The minimum Gasteiger partial charge on any atom is -0.369 e. The number of carbonyl (C=O) groups excluding carboxylic acids is 3. The van der Waals surface area contributed by atoms with E-state index in [0.717, 1.165) is 12.1 Å². The third kappa shape index (κ3) is 8.02. The van der Waals surface area contributed by atoms with Crippen molar-refractivity contribution in [2.24, 2.45) is 22.6 Å². The molecule has 0 radical (unpaired) electrons. The van der Waals surface area contributed by atoms with E-state index >= 15 is 0 Å². The summed E-state index contributed by atoms with van der Waals surface area (Å²) in [6, 6.07) is 10.0. The summed E-state index contributed by atoms with van der Waals surface area (Å²) in [5, 5.41) is 4.73. The SMILES string of the molecule is Cc1cccc2c1NC(=O)C(NC(=O)C(CCC(F)(F)F)C(CCC(F)(F)F)C(N)=O)N=C2c1cccc(F)c1. The zero-order valence-corrected chi connectivity index (χ0v) is 21.0. The predicted octanol–water partition coefficient (Wildman–Crippen LogP) is 4.77. The van der Waals surface area contributed by atoms with Gasteiger partial charge in [-0.05, 0) is 37.5 Å². The van der Waals surface area contributed by atoms with Crippen molar-refractivity contribution in [3.63, 3.8) is 0 Å². The maximum absolute atomic E-state index is 14.0. The first-order valence-corrected chi connectivity index (χ1v) is 12.0. The van der Waals surface area contributed by atoms with Crippen molar-refractivity contribution in [1.82, 2.24) is 5.32 Å². The van der Waals surface area contributed by atoms with Crippen LogP contribution in [0.5, 0.6) is 0 Å². The summed E-state index contributed by atoms with van der Waals surface area (Å²) in [5.41, 5.74) is 6.67. The monoisotopic (exact) mass is 574 g/mol. The number of primary amides is 1. The van der Waals surface area contributed by atoms with Crippen LogP contribution >= 0.6 is 0 Å². The summed E-state index contributed by atoms with van der Waals surface area (Å²) in [7, 11) is 0. The Labute approximate surface area is 224 Å². The Morgan fingerprint density at radius 1 is 1.00 bits per heavy atom. The molecule has 2 aromatic rings. The molecule has 0 spiro atoms. The standard InChI is InChI=1S/C26H25F7N4O3/c1-13-4-2-7-18-19(13)36-24(40)22(35-20(18)14-5-3-6-15(27)12-14)37-23(39)17(9-11-26(31,32)33)16(21(34)38)8-10-25(28,29)30/h2-7,12,16-17,22H,8-11H2,1H3,(H2,34,38)(H,36,40)(H,37,39). The van der Waals surface area contributed by atoms with Gasteiger partial charge in [0.15, 0.2) is 0 Å². The first kappa shape index (κ1) is 30.6. The van der Waals surface area contributed by atoms with Crippen LogP contribution in [-0.4, -0.2) is 42.0 Å². The molecule has 2 aromatic carbocycles. The maximum atomic E-state index is 14.0. The second-order valence-electron chi connectivity index (χ2n) is 9.31. The summed E-state index contributed by atoms with van der Waals surface area (Å²) in [5.74, 6) is -8.14. The van der Waals surface area contributed by atoms with Crippen molar-refractivity contribution in [2.75, 3.05) is 5.32 Å². The summed E-state index contributed by atoms with van der Waals surface area (Å²) in [4.78, 5) is 42.6. The molecule has 4 N–H and O–H groups in total. The Bertz CT molecular complexity index is 1310. The minimum absolute atomic E-state index is 0.0530. The van der Waals surface area contributed by atoms with Crippen LogP contribution in [0.2, 0.25) is 0 Å². The van der Waals surface area contributed by atoms with Gasteiger partial charge >= 0.3 is 12.4 Å². The van der Waals surface area contributed by atoms with E-state index in [0.29, 0.717) is 11.1 Å². The van der Waals surface area contributed by atoms with Crippen molar-refractivity contribution in [1.29, 1.82) is 0 Å². The lowest BCUT2D eigenvalue weighted by Crippen LogP contribution is -2.48. The molecule has 3 atom stereocenters. The average Bonchev–Trinajstić information content (AvgIpc) is 2.97. The number of aliphatic imine (C=N–C) groups is 1. The zero-order chi connectivity index (χ0) is 29.8. The fourth-order valence-electron chi connectivity index (χ4n) is 4.38. The van der Waals surface area contributed by atoms with Crippen molar-refractivity contribution < 1.29 is 45.1 Å². The Morgan fingerprint density at radius 2 is 1.60 bits per heavy atom. The molecule has 14 heteroatoms. The second-order valence-corrected chi connectivity index (χ2v) is 9.31. The Morgan fingerprint density at radius 3 is 2.17 bits per heavy atom. The highest BCUT2D eigenvalue weighted by atomic mass is 19.4. The van der Waals surface area contributed by atoms with Gasteiger partial charge in [0.1, 0.15) is 5.82 Å². The number of benzene rings is 2. The van der Waals surface area contributed by atoms with Crippen LogP contribution in [0.1, 0.15) is 42.4 Å². The number of hydrogen-bond acceptors (Lipinski definition) is 4. The number of nitrogens with two attached hydrogens (primary N) is 1. The second kappa shape index (κ2) is 12.0. The smallest absolute Gasteiger partial charge is 0.369 e. The molecule has 3 amide bonds. The molecule has 7 nitrogen and oxygen atoms in total. The normalized spacial score (nSPS) is 17.1. The first-order chi connectivity index (χ1) is 18.6. The molecule has 216 valence electrons. The van der Waals surface area contributed by atoms with Gasteiger partial charge in [-0.15, -0.1) is 0 Å². The topological polar surface area (TPSA) is 114 Å². The number of alkyl halides is 6. The predicted molar refractivity (Wildman–Crippen MR) is 131 cm³/mol. The number of aryl methyl sites for hydroxylation is 1. The van der Waals surface area contributed by atoms with Crippen molar-refractivity contribution in [3.8, 4) is 0 Å². The highest BCUT2D eigenvalue weighted by molar-refractivity contribution is 6.20. The van der Waals surface area contributed by atoms with Crippen LogP contribution in [0.3, 0.4) is 0 Å². The van der Waals surface area contributed by atoms with Gasteiger partial charge < -0.3 is 16.4 Å². The molecule has 0 bridgehead atoms. The van der Waals surface area contributed by atoms with Gasteiger partial charge in [0.25, 0.3) is 5.91 Å². The van der Waals surface area contributed by atoms with Gasteiger partial charge in [0.2, 0.25) is 18.0 Å². The number of carbonyl (C=O) groups is 3. The van der Waals surface area contributed by atoms with Gasteiger partial charge in [-0.1, -0.05) is 30.3 Å². The number of hydrogen-bond donors (Lipinski definition) is 3. The molecule has 1 heterocycles. The molecule has 1 aliphatic heterocycles. The molecule has 3 rings (SSSR count). The van der Waals surface area contributed by atoms with Crippen LogP contribution in [0, 0.1) is 24.6 Å². The Hall–Kier alpha value is -3.97. The summed E-state index contributed by atoms with van der Waals surface area (Å²) < 4.78 is 91.6. The van der Waals surface area contributed by atoms with E-state index in [1.54, 1.807) is 25.1 Å². The van der Waals surface area contributed by atoms with E-state index in [4.69, 9.17) is 5.73 Å². The number of anilines is 1. The molecule has 0 saturated heterocycles. The highest BCUT2D eigenvalue weighted by Crippen LogP contribution is 2.33. The van der Waals surface area contributed by atoms with Gasteiger partial charge in [0.05, 0.1) is 11.4 Å². The first-order valence-electron chi connectivity index (χ1n) is 12.0. The van der Waals surface area contributed by atoms with Crippen molar-refractivity contribution in [3.05, 3.63) is 65.0 Å². The minimum atomic E-state index is -4.80. The van der Waals surface area contributed by atoms with E-state index in [1.165, 1.54) is 12.1 Å². The van der Waals surface area contributed by atoms with E-state index in [2.05, 4.69) is 15.6 Å². The van der Waals surface area contributed by atoms with Crippen LogP contribution in [0.4, 0.5) is 36.4 Å². The lowest BCUT2D eigenvalue weighted by atomic mass is 9.83. The van der Waals surface area contributed by atoms with Crippen LogP contribution < -0.4 is 16.4 Å². The number of halogens is 7. The van der Waals surface area contributed by atoms with Crippen LogP contribution in [0.25, 0.3) is 0 Å². The largest absolute Gasteiger partial charge is 0.389 e. The quantitative estimate of drug-likeness (QED) is 0.375. The molecule has 1 aliphatic rings. The van der Waals surface area contributed by atoms with E-state index < -0.39 is 79.6 Å². The number of rotatable bonds is 9. The Kier molecular flexibility index (Phi) is 9.21. The molecule has 0 aliphatic carbocycles. The number of benzodiazepines with no additional fused rings is 1. The summed E-state index contributed by atoms with van der Waals surface area (Å²) in [6.45, 7) is 1.66. The van der Waals surface area contributed by atoms with Gasteiger partial charge in [-0.3, -0.25) is 14.4 Å². The van der Waals surface area contributed by atoms with E-state index in [-0.39, 0.29) is 17.0 Å². The number of para-hydroxylation sites is 1. The van der Waals surface area contributed by atoms with E-state index in [9.17, 15) is 45.1 Å². The third-order valence-corrected chi connectivity index (χ3v) is 6.33. The zero-order valence-electron chi connectivity index (χ0n) is 21.0. The lowest BCUT2D eigenvalue weighted by Gasteiger charge is -2.26. The number of fused-ring (bicyclic) bond motifs is 1. The van der Waals surface area contributed by atoms with Crippen molar-refractivity contribution in [2.45, 2.75) is 51.1 Å². The molecule has 0 aromatic heterocycles. The van der Waals surface area contributed by atoms with Crippen LogP contribution in [-0.2, 0) is 14.4 Å². The summed E-state index contributed by atoms with van der Waals surface area (Å²) in [6.07, 6.45) is -16.6. The average molecular weight is 574 g/mol. The fourth-order valence-corrected chi connectivity index (χ4v) is 4.38. The van der Waals surface area contributed by atoms with E-state index in [1.807, 2.05) is 0 Å². The number of nitrogens with zero attached hydrogens (tertiary/aromatic N) is 1. The maximum Gasteiger partial charge on any atom is 0.389 e. The van der Waals surface area contributed by atoms with Gasteiger partial charge in [0, 0.05) is 35.8 Å². The highest BCUT2D eigenvalue weighted by Gasteiger charge is 2.40. The van der Waals surface area contributed by atoms with Gasteiger partial charge in [-0.2, -0.15) is 26.3 Å². The summed E-state index contributed by atoms with van der Waals surface area (Å²) >= 11 is 0. The Balaban J connectivity index is 2.02. The van der Waals surface area contributed by atoms with Crippen molar-refractivity contribution >= 4 is 29.1 Å². The number of amides is 3. The molecule has 40 heavy (non-hydrogen) atoms. The van der Waals surface area contributed by atoms with Gasteiger partial charge in [-0.25, -0.2) is 9.38 Å². The fraction of sp³-hybridized carbons (Fsp3) is 0.385. The molecule has 0 saturated carbocycles.